The number of ether oxygens (including phenoxy) is 1. The van der Waals surface area contributed by atoms with Gasteiger partial charge in [0, 0.05) is 61.7 Å². The minimum Gasteiger partial charge on any atom is -0.485 e. The third-order valence-electron chi connectivity index (χ3n) is 7.03. The minimum absolute atomic E-state index is 0.0754. The van der Waals surface area contributed by atoms with Gasteiger partial charge in [0.25, 0.3) is 0 Å². The number of nitrogens with zero attached hydrogens (tertiary/aromatic N) is 2. The van der Waals surface area contributed by atoms with Crippen molar-refractivity contribution >= 4 is 17.4 Å². The number of piperazine rings is 1. The lowest BCUT2D eigenvalue weighted by Crippen LogP contribution is -2.47. The number of carbonyl (C=O) groups is 1. The van der Waals surface area contributed by atoms with Crippen molar-refractivity contribution in [1.29, 1.82) is 0 Å². The standard InChI is InChI=1S/C25H32ClFN2O3/c1-28-10-12-29(13-11-28)16-17-5-2-3-6-18(24(17)31)19(25-23(30)9-14-32-25)15-20-21(26)7-4-8-22(20)27/h4,7-9,14,17,24-25,31H,2-3,5-6,10-13,15-16H2,1H3. The lowest BCUT2D eigenvalue weighted by molar-refractivity contribution is -0.118. The van der Waals surface area contributed by atoms with Crippen LogP contribution in [-0.4, -0.2) is 72.7 Å². The van der Waals surface area contributed by atoms with E-state index in [2.05, 4.69) is 16.8 Å². The molecule has 174 valence electrons. The lowest BCUT2D eigenvalue weighted by atomic mass is 9.85. The third-order valence-corrected chi connectivity index (χ3v) is 7.38. The number of aliphatic hydroxyl groups excluding tert-OH is 1. The molecule has 3 unspecified atom stereocenters. The first kappa shape index (κ1) is 23.4. The van der Waals surface area contributed by atoms with E-state index in [9.17, 15) is 14.3 Å². The summed E-state index contributed by atoms with van der Waals surface area (Å²) in [6.07, 6.45) is 4.99. The highest BCUT2D eigenvalue weighted by atomic mass is 35.5. The summed E-state index contributed by atoms with van der Waals surface area (Å²) < 4.78 is 20.3. The van der Waals surface area contributed by atoms with Crippen molar-refractivity contribution in [2.75, 3.05) is 39.8 Å². The number of benzene rings is 1. The Bertz CT molecular complexity index is 875. The predicted octanol–water partition coefficient (Wildman–Crippen LogP) is 3.60. The first-order valence-corrected chi connectivity index (χ1v) is 11.9. The van der Waals surface area contributed by atoms with E-state index in [4.69, 9.17) is 16.3 Å². The maximum Gasteiger partial charge on any atom is 0.203 e. The fourth-order valence-electron chi connectivity index (χ4n) is 5.08. The molecule has 2 fully saturated rings. The van der Waals surface area contributed by atoms with Crippen LogP contribution >= 0.6 is 11.6 Å². The van der Waals surface area contributed by atoms with Gasteiger partial charge in [-0.3, -0.25) is 4.79 Å². The zero-order valence-electron chi connectivity index (χ0n) is 18.6. The van der Waals surface area contributed by atoms with Gasteiger partial charge in [-0.25, -0.2) is 4.39 Å². The third kappa shape index (κ3) is 5.25. The van der Waals surface area contributed by atoms with Crippen molar-refractivity contribution in [3.8, 4) is 0 Å². The van der Waals surface area contributed by atoms with Crippen molar-refractivity contribution < 1.29 is 19.0 Å². The molecule has 1 N–H and O–H groups in total. The zero-order valence-corrected chi connectivity index (χ0v) is 19.4. The van der Waals surface area contributed by atoms with E-state index in [1.807, 2.05) is 0 Å². The molecule has 3 atom stereocenters. The Morgan fingerprint density at radius 1 is 1.25 bits per heavy atom. The molecule has 7 heteroatoms. The summed E-state index contributed by atoms with van der Waals surface area (Å²) in [7, 11) is 2.13. The van der Waals surface area contributed by atoms with E-state index in [1.165, 1.54) is 18.4 Å². The fraction of sp³-hybridized carbons (Fsp3) is 0.560. The average Bonchev–Trinajstić information content (AvgIpc) is 3.11. The van der Waals surface area contributed by atoms with Gasteiger partial charge in [-0.15, -0.1) is 0 Å². The summed E-state index contributed by atoms with van der Waals surface area (Å²) in [5.41, 5.74) is 1.82. The summed E-state index contributed by atoms with van der Waals surface area (Å²) in [4.78, 5) is 17.3. The maximum atomic E-state index is 14.6. The Balaban J connectivity index is 1.65. The van der Waals surface area contributed by atoms with Gasteiger partial charge in [0.2, 0.25) is 5.78 Å². The molecule has 0 spiro atoms. The van der Waals surface area contributed by atoms with Gasteiger partial charge in [-0.2, -0.15) is 0 Å². The van der Waals surface area contributed by atoms with E-state index in [0.717, 1.165) is 57.6 Å². The number of hydrogen-bond acceptors (Lipinski definition) is 5. The molecular weight excluding hydrogens is 431 g/mol. The number of halogens is 2. The number of carbonyl (C=O) groups excluding carboxylic acids is 1. The monoisotopic (exact) mass is 462 g/mol. The molecule has 2 heterocycles. The highest BCUT2D eigenvalue weighted by Crippen LogP contribution is 2.36. The van der Waals surface area contributed by atoms with Crippen molar-refractivity contribution in [2.45, 2.75) is 44.3 Å². The molecule has 2 aliphatic heterocycles. The molecule has 1 saturated heterocycles. The van der Waals surface area contributed by atoms with Gasteiger partial charge in [-0.1, -0.05) is 24.1 Å². The summed E-state index contributed by atoms with van der Waals surface area (Å²) in [5, 5.41) is 11.8. The molecule has 1 aliphatic carbocycles. The van der Waals surface area contributed by atoms with Crippen molar-refractivity contribution in [3.63, 3.8) is 0 Å². The van der Waals surface area contributed by atoms with Crippen LogP contribution in [0.2, 0.25) is 5.02 Å². The second-order valence-corrected chi connectivity index (χ2v) is 9.61. The topological polar surface area (TPSA) is 53.0 Å². The van der Waals surface area contributed by atoms with Gasteiger partial charge in [0.05, 0.1) is 12.4 Å². The zero-order chi connectivity index (χ0) is 22.7. The van der Waals surface area contributed by atoms with Crippen LogP contribution in [0.15, 0.2) is 41.7 Å². The first-order chi connectivity index (χ1) is 15.4. The smallest absolute Gasteiger partial charge is 0.203 e. The Labute approximate surface area is 194 Å². The van der Waals surface area contributed by atoms with Crippen LogP contribution in [0.25, 0.3) is 0 Å². The lowest BCUT2D eigenvalue weighted by Gasteiger charge is -2.36. The summed E-state index contributed by atoms with van der Waals surface area (Å²) >= 11 is 6.32. The van der Waals surface area contributed by atoms with E-state index in [1.54, 1.807) is 12.1 Å². The van der Waals surface area contributed by atoms with Crippen LogP contribution in [-0.2, 0) is 16.0 Å². The fourth-order valence-corrected chi connectivity index (χ4v) is 5.31. The number of aliphatic hydroxyl groups is 1. The Kier molecular flexibility index (Phi) is 7.66. The molecular formula is C25H32ClFN2O3. The van der Waals surface area contributed by atoms with Gasteiger partial charge >= 0.3 is 0 Å². The number of ketones is 1. The second kappa shape index (κ2) is 10.5. The SMILES string of the molecule is CN1CCN(CC2CCCCC(=C(Cc3c(F)cccc3Cl)C3OC=CC3=O)C2O)CC1. The van der Waals surface area contributed by atoms with Crippen molar-refractivity contribution in [3.05, 3.63) is 58.1 Å². The van der Waals surface area contributed by atoms with Gasteiger partial charge in [-0.05, 0) is 49.6 Å². The van der Waals surface area contributed by atoms with Gasteiger partial charge in [0.15, 0.2) is 6.10 Å². The van der Waals surface area contributed by atoms with Crippen LogP contribution in [0.1, 0.15) is 31.2 Å². The predicted molar refractivity (Wildman–Crippen MR) is 123 cm³/mol. The molecule has 0 aromatic heterocycles. The van der Waals surface area contributed by atoms with Crippen LogP contribution in [0.5, 0.6) is 0 Å². The normalized spacial score (nSPS) is 29.1. The number of hydrogen-bond donors (Lipinski definition) is 1. The van der Waals surface area contributed by atoms with Crippen molar-refractivity contribution in [1.82, 2.24) is 9.80 Å². The van der Waals surface area contributed by atoms with E-state index >= 15 is 0 Å². The van der Waals surface area contributed by atoms with Gasteiger partial charge < -0.3 is 19.6 Å². The highest BCUT2D eigenvalue weighted by Gasteiger charge is 2.35. The molecule has 5 nitrogen and oxygen atoms in total. The summed E-state index contributed by atoms with van der Waals surface area (Å²) in [5.74, 6) is -0.510. The number of likely N-dealkylation sites (N-methyl/N-ethyl adjacent to an activating group) is 1. The molecule has 1 aromatic carbocycles. The minimum atomic E-state index is -0.822. The van der Waals surface area contributed by atoms with Crippen molar-refractivity contribution in [2.24, 2.45) is 5.92 Å². The quantitative estimate of drug-likeness (QED) is 0.535. The number of rotatable bonds is 5. The molecule has 4 rings (SSSR count). The van der Waals surface area contributed by atoms with E-state index in [-0.39, 0.29) is 18.1 Å². The van der Waals surface area contributed by atoms with Crippen LogP contribution in [0.4, 0.5) is 4.39 Å². The first-order valence-electron chi connectivity index (χ1n) is 11.5. The van der Waals surface area contributed by atoms with E-state index < -0.39 is 18.0 Å². The molecule has 0 bridgehead atoms. The van der Waals surface area contributed by atoms with Crippen LogP contribution in [0, 0.1) is 11.7 Å². The molecule has 0 radical (unpaired) electrons. The molecule has 1 aromatic rings. The summed E-state index contributed by atoms with van der Waals surface area (Å²) in [6.45, 7) is 4.86. The Morgan fingerprint density at radius 2 is 2.03 bits per heavy atom. The summed E-state index contributed by atoms with van der Waals surface area (Å²) in [6, 6.07) is 4.59. The maximum absolute atomic E-state index is 14.6. The van der Waals surface area contributed by atoms with Crippen LogP contribution in [0.3, 0.4) is 0 Å². The largest absolute Gasteiger partial charge is 0.485 e. The Hall–Kier alpha value is -1.73. The second-order valence-electron chi connectivity index (χ2n) is 9.20. The highest BCUT2D eigenvalue weighted by molar-refractivity contribution is 6.31. The molecule has 3 aliphatic rings. The average molecular weight is 463 g/mol. The Morgan fingerprint density at radius 3 is 2.72 bits per heavy atom. The van der Waals surface area contributed by atoms with Gasteiger partial charge in [0.1, 0.15) is 5.82 Å². The molecule has 32 heavy (non-hydrogen) atoms. The van der Waals surface area contributed by atoms with Crippen LogP contribution < -0.4 is 0 Å². The molecule has 1 saturated carbocycles. The van der Waals surface area contributed by atoms with E-state index in [0.29, 0.717) is 22.6 Å². The molecule has 0 amide bonds.